The number of guanidine groups is 1. The Balaban J connectivity index is 1.93. The molecule has 108 valence electrons. The first-order valence-corrected chi connectivity index (χ1v) is 7.26. The first-order valence-electron chi connectivity index (χ1n) is 6.38. The van der Waals surface area contributed by atoms with Gasteiger partial charge in [-0.2, -0.15) is 5.26 Å². The van der Waals surface area contributed by atoms with Gasteiger partial charge in [0.2, 0.25) is 0 Å². The number of aliphatic imine (C=N–C) groups is 1. The minimum Gasteiger partial charge on any atom is -0.352 e. The number of thiophene rings is 1. The molecule has 1 aromatic heterocycles. The molecular weight excluding hydrogens is 287 g/mol. The number of hydrogen-bond acceptors (Lipinski definition) is 3. The Morgan fingerprint density at radius 1 is 1.33 bits per heavy atom. The molecule has 0 bridgehead atoms. The highest BCUT2D eigenvalue weighted by atomic mass is 32.1. The molecule has 2 aromatic rings. The monoisotopic (exact) mass is 302 g/mol. The lowest BCUT2D eigenvalue weighted by atomic mass is 10.1. The van der Waals surface area contributed by atoms with Crippen molar-refractivity contribution in [1.82, 2.24) is 10.6 Å². The van der Waals surface area contributed by atoms with Crippen molar-refractivity contribution in [3.8, 4) is 6.07 Å². The summed E-state index contributed by atoms with van der Waals surface area (Å²) >= 11 is 1.66. The maximum Gasteiger partial charge on any atom is 0.191 e. The average Bonchev–Trinajstić information content (AvgIpc) is 3.02. The third kappa shape index (κ3) is 4.29. The third-order valence-corrected chi connectivity index (χ3v) is 3.73. The van der Waals surface area contributed by atoms with Gasteiger partial charge in [0.15, 0.2) is 5.96 Å². The fourth-order valence-corrected chi connectivity index (χ4v) is 2.41. The average molecular weight is 302 g/mol. The first kappa shape index (κ1) is 15.0. The summed E-state index contributed by atoms with van der Waals surface area (Å²) in [6.07, 6.45) is 0. The summed E-state index contributed by atoms with van der Waals surface area (Å²) in [5.74, 6) is 0.250. The van der Waals surface area contributed by atoms with Crippen LogP contribution in [-0.4, -0.2) is 13.0 Å². The first-order chi connectivity index (χ1) is 10.2. The zero-order valence-electron chi connectivity index (χ0n) is 11.6. The van der Waals surface area contributed by atoms with Gasteiger partial charge in [-0.05, 0) is 29.6 Å². The molecule has 2 N–H and O–H groups in total. The van der Waals surface area contributed by atoms with E-state index in [-0.39, 0.29) is 12.4 Å². The molecule has 0 fully saturated rings. The van der Waals surface area contributed by atoms with E-state index in [9.17, 15) is 4.39 Å². The van der Waals surface area contributed by atoms with Crippen LogP contribution in [0.5, 0.6) is 0 Å². The van der Waals surface area contributed by atoms with E-state index in [2.05, 4.69) is 15.6 Å². The van der Waals surface area contributed by atoms with Crippen LogP contribution in [0.2, 0.25) is 0 Å². The standard InChI is InChI=1S/C15H15FN4S/c1-18-15(20-10-13-3-2-6-21-13)19-9-12-7-11(8-17)4-5-14(12)16/h2-7H,9-10H2,1H3,(H2,18,19,20). The van der Waals surface area contributed by atoms with E-state index >= 15 is 0 Å². The van der Waals surface area contributed by atoms with Crippen molar-refractivity contribution in [2.24, 2.45) is 4.99 Å². The molecule has 4 nitrogen and oxygen atoms in total. The van der Waals surface area contributed by atoms with Gasteiger partial charge in [0, 0.05) is 24.0 Å². The highest BCUT2D eigenvalue weighted by Crippen LogP contribution is 2.10. The molecule has 0 amide bonds. The maximum absolute atomic E-state index is 13.7. The summed E-state index contributed by atoms with van der Waals surface area (Å²) in [4.78, 5) is 5.28. The number of hydrogen-bond donors (Lipinski definition) is 2. The van der Waals surface area contributed by atoms with E-state index in [0.29, 0.717) is 23.6 Å². The van der Waals surface area contributed by atoms with Crippen molar-refractivity contribution in [3.63, 3.8) is 0 Å². The highest BCUT2D eigenvalue weighted by Gasteiger charge is 2.05. The minimum absolute atomic E-state index is 0.269. The fourth-order valence-electron chi connectivity index (χ4n) is 1.76. The van der Waals surface area contributed by atoms with Crippen LogP contribution in [0.4, 0.5) is 4.39 Å². The summed E-state index contributed by atoms with van der Waals surface area (Å²) in [6.45, 7) is 0.934. The number of nitrogens with one attached hydrogen (secondary N) is 2. The van der Waals surface area contributed by atoms with Gasteiger partial charge < -0.3 is 10.6 Å². The second-order valence-corrected chi connectivity index (χ2v) is 5.31. The summed E-state index contributed by atoms with van der Waals surface area (Å²) < 4.78 is 13.7. The number of halogens is 1. The van der Waals surface area contributed by atoms with Crippen LogP contribution in [0.1, 0.15) is 16.0 Å². The lowest BCUT2D eigenvalue weighted by molar-refractivity contribution is 0.604. The van der Waals surface area contributed by atoms with Crippen LogP contribution >= 0.6 is 11.3 Å². The largest absolute Gasteiger partial charge is 0.352 e. The van der Waals surface area contributed by atoms with Crippen LogP contribution in [-0.2, 0) is 13.1 Å². The van der Waals surface area contributed by atoms with Crippen molar-refractivity contribution < 1.29 is 4.39 Å². The predicted octanol–water partition coefficient (Wildman–Crippen LogP) is 2.62. The molecule has 6 heteroatoms. The molecule has 21 heavy (non-hydrogen) atoms. The Hall–Kier alpha value is -2.39. The van der Waals surface area contributed by atoms with Crippen molar-refractivity contribution in [1.29, 1.82) is 5.26 Å². The fraction of sp³-hybridized carbons (Fsp3) is 0.200. The van der Waals surface area contributed by atoms with E-state index in [4.69, 9.17) is 5.26 Å². The Bertz CT molecular complexity index is 659. The SMILES string of the molecule is CN=C(NCc1cccs1)NCc1cc(C#N)ccc1F. The topological polar surface area (TPSA) is 60.2 Å². The van der Waals surface area contributed by atoms with Gasteiger partial charge in [-0.15, -0.1) is 11.3 Å². The second kappa shape index (κ2) is 7.41. The molecule has 1 aromatic carbocycles. The van der Waals surface area contributed by atoms with Gasteiger partial charge in [-0.3, -0.25) is 4.99 Å². The third-order valence-electron chi connectivity index (χ3n) is 2.85. The lowest BCUT2D eigenvalue weighted by Crippen LogP contribution is -2.36. The van der Waals surface area contributed by atoms with Crippen LogP contribution in [0.3, 0.4) is 0 Å². The van der Waals surface area contributed by atoms with E-state index < -0.39 is 0 Å². The normalized spacial score (nSPS) is 11.0. The van der Waals surface area contributed by atoms with Gasteiger partial charge in [-0.1, -0.05) is 6.07 Å². The zero-order chi connectivity index (χ0) is 15.1. The summed E-state index contributed by atoms with van der Waals surface area (Å²) in [5, 5.41) is 17.0. The molecule has 0 aliphatic carbocycles. The van der Waals surface area contributed by atoms with Crippen LogP contribution < -0.4 is 10.6 Å². The predicted molar refractivity (Wildman–Crippen MR) is 82.5 cm³/mol. The minimum atomic E-state index is -0.338. The Morgan fingerprint density at radius 3 is 2.81 bits per heavy atom. The molecule has 0 aliphatic heterocycles. The van der Waals surface area contributed by atoms with Gasteiger partial charge in [0.25, 0.3) is 0 Å². The lowest BCUT2D eigenvalue weighted by Gasteiger charge is -2.11. The number of rotatable bonds is 4. The van der Waals surface area contributed by atoms with Gasteiger partial charge in [-0.25, -0.2) is 4.39 Å². The molecule has 0 aliphatic rings. The molecule has 0 radical (unpaired) electrons. The molecule has 1 heterocycles. The molecule has 0 saturated heterocycles. The van der Waals surface area contributed by atoms with E-state index in [1.807, 2.05) is 23.6 Å². The Kier molecular flexibility index (Phi) is 5.29. The summed E-state index contributed by atoms with van der Waals surface area (Å²) in [6, 6.07) is 10.3. The zero-order valence-corrected chi connectivity index (χ0v) is 12.4. The van der Waals surface area contributed by atoms with Crippen molar-refractivity contribution in [2.75, 3.05) is 7.05 Å². The molecule has 0 atom stereocenters. The van der Waals surface area contributed by atoms with Crippen molar-refractivity contribution in [3.05, 3.63) is 57.5 Å². The molecule has 2 rings (SSSR count). The van der Waals surface area contributed by atoms with Crippen molar-refractivity contribution in [2.45, 2.75) is 13.1 Å². The maximum atomic E-state index is 13.7. The van der Waals surface area contributed by atoms with Crippen molar-refractivity contribution >= 4 is 17.3 Å². The summed E-state index contributed by atoms with van der Waals surface area (Å²) in [5.41, 5.74) is 0.878. The Labute approximate surface area is 127 Å². The van der Waals surface area contributed by atoms with Crippen LogP contribution in [0, 0.1) is 17.1 Å². The van der Waals surface area contributed by atoms with E-state index in [1.54, 1.807) is 18.4 Å². The van der Waals surface area contributed by atoms with Crippen LogP contribution in [0.15, 0.2) is 40.7 Å². The van der Waals surface area contributed by atoms with Gasteiger partial charge in [0.1, 0.15) is 5.82 Å². The highest BCUT2D eigenvalue weighted by molar-refractivity contribution is 7.09. The van der Waals surface area contributed by atoms with Crippen LogP contribution in [0.25, 0.3) is 0 Å². The number of nitrogens with zero attached hydrogens (tertiary/aromatic N) is 2. The van der Waals surface area contributed by atoms with Gasteiger partial charge in [0.05, 0.1) is 18.2 Å². The van der Waals surface area contributed by atoms with Gasteiger partial charge >= 0.3 is 0 Å². The molecular formula is C15H15FN4S. The molecule has 0 unspecified atom stereocenters. The molecule has 0 spiro atoms. The molecule has 0 saturated carbocycles. The smallest absolute Gasteiger partial charge is 0.191 e. The number of benzene rings is 1. The Morgan fingerprint density at radius 2 is 2.14 bits per heavy atom. The second-order valence-electron chi connectivity index (χ2n) is 4.28. The number of nitriles is 1. The quantitative estimate of drug-likeness (QED) is 0.674. The summed E-state index contributed by atoms with van der Waals surface area (Å²) in [7, 11) is 1.66. The van der Waals surface area contributed by atoms with E-state index in [0.717, 1.165) is 0 Å². The van der Waals surface area contributed by atoms with E-state index in [1.165, 1.54) is 23.1 Å².